The molecule has 3 N–H and O–H groups in total. The third kappa shape index (κ3) is 3.92. The number of fused-ring (bicyclic) bond motifs is 1. The van der Waals surface area contributed by atoms with Crippen molar-refractivity contribution >= 4 is 18.3 Å². The van der Waals surface area contributed by atoms with Crippen LogP contribution in [0.25, 0.3) is 0 Å². The smallest absolute Gasteiger partial charge is 0.272 e. The molecule has 5 nitrogen and oxygen atoms in total. The Morgan fingerprint density at radius 1 is 1.35 bits per heavy atom. The summed E-state index contributed by atoms with van der Waals surface area (Å²) in [5, 5.41) is 13.7. The number of benzene rings is 1. The number of amides is 1. The van der Waals surface area contributed by atoms with Gasteiger partial charge in [0.15, 0.2) is 5.69 Å². The number of carbonyl (C=O) groups is 1. The van der Waals surface area contributed by atoms with E-state index in [2.05, 4.69) is 39.9 Å². The predicted octanol–water partition coefficient (Wildman–Crippen LogP) is 2.75. The number of aromatic nitrogens is 2. The van der Waals surface area contributed by atoms with Crippen LogP contribution in [0.2, 0.25) is 0 Å². The molecule has 0 spiro atoms. The highest BCUT2D eigenvalue weighted by molar-refractivity contribution is 5.94. The van der Waals surface area contributed by atoms with Gasteiger partial charge in [0.05, 0.1) is 6.04 Å². The van der Waals surface area contributed by atoms with Gasteiger partial charge in [0.2, 0.25) is 0 Å². The van der Waals surface area contributed by atoms with Crippen molar-refractivity contribution in [2.24, 2.45) is 0 Å². The van der Waals surface area contributed by atoms with Crippen LogP contribution in [0.4, 0.5) is 0 Å². The summed E-state index contributed by atoms with van der Waals surface area (Å²) in [4.78, 5) is 12.6. The van der Waals surface area contributed by atoms with Gasteiger partial charge in [-0.2, -0.15) is 5.10 Å². The number of halogens is 1. The quantitative estimate of drug-likeness (QED) is 0.787. The van der Waals surface area contributed by atoms with Crippen LogP contribution in [-0.4, -0.2) is 22.6 Å². The molecule has 3 rings (SSSR count). The molecule has 1 atom stereocenters. The van der Waals surface area contributed by atoms with Gasteiger partial charge in [-0.25, -0.2) is 0 Å². The Bertz CT molecular complexity index is 641. The zero-order valence-corrected chi connectivity index (χ0v) is 14.1. The molecule has 0 saturated heterocycles. The molecule has 1 amide bonds. The zero-order valence-electron chi connectivity index (χ0n) is 13.3. The molecule has 1 aliphatic rings. The molecular formula is C17H23ClN4O. The fraction of sp³-hybridized carbons (Fsp3) is 0.412. The summed E-state index contributed by atoms with van der Waals surface area (Å²) >= 11 is 0. The first kappa shape index (κ1) is 17.5. The third-order valence-electron chi connectivity index (χ3n) is 4.11. The predicted molar refractivity (Wildman–Crippen MR) is 92.8 cm³/mol. The van der Waals surface area contributed by atoms with E-state index in [0.717, 1.165) is 42.6 Å². The van der Waals surface area contributed by atoms with Crippen LogP contribution in [0.3, 0.4) is 0 Å². The molecule has 23 heavy (non-hydrogen) atoms. The van der Waals surface area contributed by atoms with Gasteiger partial charge in [-0.1, -0.05) is 43.7 Å². The summed E-state index contributed by atoms with van der Waals surface area (Å²) in [6.07, 6.45) is 2.83. The number of nitrogens with one attached hydrogen (secondary N) is 3. The number of carbonyl (C=O) groups excluding carboxylic acids is 1. The minimum Gasteiger partial charge on any atom is -0.344 e. The summed E-state index contributed by atoms with van der Waals surface area (Å²) in [5.41, 5.74) is 3.75. The highest BCUT2D eigenvalue weighted by atomic mass is 35.5. The van der Waals surface area contributed by atoms with Gasteiger partial charge in [-0.15, -0.1) is 12.4 Å². The Hall–Kier alpha value is -1.85. The van der Waals surface area contributed by atoms with Gasteiger partial charge in [0.25, 0.3) is 5.91 Å². The average molecular weight is 335 g/mol. The first-order valence-corrected chi connectivity index (χ1v) is 7.92. The molecule has 124 valence electrons. The molecule has 2 aromatic rings. The minimum atomic E-state index is -0.0940. The monoisotopic (exact) mass is 334 g/mol. The summed E-state index contributed by atoms with van der Waals surface area (Å²) in [6.45, 7) is 3.76. The van der Waals surface area contributed by atoms with Crippen LogP contribution >= 0.6 is 12.4 Å². The van der Waals surface area contributed by atoms with Gasteiger partial charge in [-0.3, -0.25) is 9.89 Å². The number of aromatic amines is 1. The summed E-state index contributed by atoms with van der Waals surface area (Å²) in [5.74, 6) is -0.0940. The van der Waals surface area contributed by atoms with E-state index >= 15 is 0 Å². The second kappa shape index (κ2) is 8.13. The molecule has 1 aromatic heterocycles. The highest BCUT2D eigenvalue weighted by Crippen LogP contribution is 2.20. The maximum absolute atomic E-state index is 12.6. The highest BCUT2D eigenvalue weighted by Gasteiger charge is 2.23. The lowest BCUT2D eigenvalue weighted by molar-refractivity contribution is 0.0928. The van der Waals surface area contributed by atoms with Crippen LogP contribution in [0.5, 0.6) is 0 Å². The number of rotatable bonds is 5. The molecule has 0 saturated carbocycles. The van der Waals surface area contributed by atoms with Crippen molar-refractivity contribution in [2.45, 2.75) is 38.8 Å². The SMILES string of the molecule is CCCC(NC(=O)c1n[nH]c2c1CNCC2)c1ccccc1.Cl. The second-order valence-electron chi connectivity index (χ2n) is 5.68. The molecule has 0 fully saturated rings. The minimum absolute atomic E-state index is 0. The Morgan fingerprint density at radius 3 is 2.87 bits per heavy atom. The Balaban J connectivity index is 0.00000192. The summed E-state index contributed by atoms with van der Waals surface area (Å²) in [6, 6.07) is 10.1. The van der Waals surface area contributed by atoms with Crippen molar-refractivity contribution in [3.63, 3.8) is 0 Å². The van der Waals surface area contributed by atoms with Crippen LogP contribution < -0.4 is 10.6 Å². The van der Waals surface area contributed by atoms with Crippen molar-refractivity contribution in [1.29, 1.82) is 0 Å². The van der Waals surface area contributed by atoms with E-state index < -0.39 is 0 Å². The van der Waals surface area contributed by atoms with Crippen molar-refractivity contribution in [1.82, 2.24) is 20.8 Å². The van der Waals surface area contributed by atoms with Crippen molar-refractivity contribution in [3.05, 3.63) is 52.8 Å². The van der Waals surface area contributed by atoms with Crippen LogP contribution in [0, 0.1) is 0 Å². The van der Waals surface area contributed by atoms with Crippen molar-refractivity contribution in [2.75, 3.05) is 6.54 Å². The fourth-order valence-electron chi connectivity index (χ4n) is 2.94. The van der Waals surface area contributed by atoms with Gasteiger partial charge in [0, 0.05) is 30.8 Å². The lowest BCUT2D eigenvalue weighted by atomic mass is 10.0. The molecule has 1 aromatic carbocycles. The molecular weight excluding hydrogens is 312 g/mol. The van der Waals surface area contributed by atoms with Crippen LogP contribution in [0.1, 0.15) is 53.1 Å². The van der Waals surface area contributed by atoms with E-state index in [-0.39, 0.29) is 24.4 Å². The molecule has 1 aliphatic heterocycles. The topological polar surface area (TPSA) is 69.8 Å². The Morgan fingerprint density at radius 2 is 2.13 bits per heavy atom. The normalized spacial score (nSPS) is 14.5. The third-order valence-corrected chi connectivity index (χ3v) is 4.11. The van der Waals surface area contributed by atoms with E-state index in [0.29, 0.717) is 12.2 Å². The molecule has 1 unspecified atom stereocenters. The van der Waals surface area contributed by atoms with Crippen LogP contribution in [-0.2, 0) is 13.0 Å². The van der Waals surface area contributed by atoms with E-state index in [1.807, 2.05) is 18.2 Å². The largest absolute Gasteiger partial charge is 0.344 e. The van der Waals surface area contributed by atoms with E-state index in [4.69, 9.17) is 0 Å². The van der Waals surface area contributed by atoms with Crippen LogP contribution in [0.15, 0.2) is 30.3 Å². The average Bonchev–Trinajstić information content (AvgIpc) is 2.99. The molecule has 0 aliphatic carbocycles. The molecule has 2 heterocycles. The molecule has 6 heteroatoms. The van der Waals surface area contributed by atoms with Gasteiger partial charge < -0.3 is 10.6 Å². The maximum atomic E-state index is 12.6. The van der Waals surface area contributed by atoms with E-state index in [1.165, 1.54) is 0 Å². The van der Waals surface area contributed by atoms with Crippen molar-refractivity contribution in [3.8, 4) is 0 Å². The number of nitrogens with zero attached hydrogens (tertiary/aromatic N) is 1. The van der Waals surface area contributed by atoms with Gasteiger partial charge in [0.1, 0.15) is 0 Å². The first-order chi connectivity index (χ1) is 10.8. The lowest BCUT2D eigenvalue weighted by Crippen LogP contribution is -2.31. The summed E-state index contributed by atoms with van der Waals surface area (Å²) < 4.78 is 0. The van der Waals surface area contributed by atoms with Gasteiger partial charge >= 0.3 is 0 Å². The van der Waals surface area contributed by atoms with E-state index in [1.54, 1.807) is 0 Å². The summed E-state index contributed by atoms with van der Waals surface area (Å²) in [7, 11) is 0. The standard InChI is InChI=1S/C17H22N4O.ClH/c1-2-6-14(12-7-4-3-5-8-12)19-17(22)16-13-11-18-10-9-15(13)20-21-16;/h3-5,7-8,14,18H,2,6,9-11H2,1H3,(H,19,22)(H,20,21);1H. The number of H-pyrrole nitrogens is 1. The lowest BCUT2D eigenvalue weighted by Gasteiger charge is -2.19. The Labute approximate surface area is 142 Å². The molecule has 0 radical (unpaired) electrons. The van der Waals surface area contributed by atoms with E-state index in [9.17, 15) is 4.79 Å². The van der Waals surface area contributed by atoms with Gasteiger partial charge in [-0.05, 0) is 12.0 Å². The Kier molecular flexibility index (Phi) is 6.19. The number of hydrogen-bond donors (Lipinski definition) is 3. The second-order valence-corrected chi connectivity index (χ2v) is 5.68. The number of hydrogen-bond acceptors (Lipinski definition) is 3. The fourth-order valence-corrected chi connectivity index (χ4v) is 2.94. The first-order valence-electron chi connectivity index (χ1n) is 7.92. The maximum Gasteiger partial charge on any atom is 0.272 e. The zero-order chi connectivity index (χ0) is 15.4. The molecule has 0 bridgehead atoms. The van der Waals surface area contributed by atoms with Crippen molar-refractivity contribution < 1.29 is 4.79 Å².